The fraction of sp³-hybridized carbons (Fsp3) is 0.0556. The molecule has 2 aromatic carbocycles. The molecule has 4 aromatic rings. The highest BCUT2D eigenvalue weighted by Crippen LogP contribution is 2.26. The van der Waals surface area contributed by atoms with Gasteiger partial charge >= 0.3 is 0 Å². The van der Waals surface area contributed by atoms with Crippen molar-refractivity contribution in [3.05, 3.63) is 76.7 Å². The molecule has 0 aliphatic carbocycles. The van der Waals surface area contributed by atoms with Gasteiger partial charge < -0.3 is 4.98 Å². The molecule has 3 nitrogen and oxygen atoms in total. The van der Waals surface area contributed by atoms with E-state index in [0.29, 0.717) is 5.52 Å². The maximum Gasteiger partial charge on any atom is 0.279 e. The van der Waals surface area contributed by atoms with Crippen molar-refractivity contribution in [1.29, 1.82) is 0 Å². The van der Waals surface area contributed by atoms with Gasteiger partial charge in [-0.05, 0) is 30.7 Å². The van der Waals surface area contributed by atoms with Gasteiger partial charge in [0.15, 0.2) is 0 Å². The van der Waals surface area contributed by atoms with Gasteiger partial charge in [-0.3, -0.25) is 9.36 Å². The Bertz CT molecular complexity index is 1010. The second kappa shape index (κ2) is 4.35. The third-order valence-corrected chi connectivity index (χ3v) is 3.89. The van der Waals surface area contributed by atoms with Crippen LogP contribution in [0, 0.1) is 6.92 Å². The van der Waals surface area contributed by atoms with Gasteiger partial charge in [-0.1, -0.05) is 36.4 Å². The van der Waals surface area contributed by atoms with E-state index >= 15 is 0 Å². The molecule has 2 heterocycles. The van der Waals surface area contributed by atoms with E-state index in [1.807, 2.05) is 67.7 Å². The van der Waals surface area contributed by atoms with Gasteiger partial charge in [0.2, 0.25) is 0 Å². The monoisotopic (exact) mass is 274 g/mol. The van der Waals surface area contributed by atoms with Crippen molar-refractivity contribution in [3.8, 4) is 5.69 Å². The Morgan fingerprint density at radius 2 is 1.67 bits per heavy atom. The highest BCUT2D eigenvalue weighted by molar-refractivity contribution is 6.08. The van der Waals surface area contributed by atoms with Crippen molar-refractivity contribution in [2.45, 2.75) is 6.92 Å². The summed E-state index contributed by atoms with van der Waals surface area (Å²) >= 11 is 0. The zero-order chi connectivity index (χ0) is 14.4. The van der Waals surface area contributed by atoms with E-state index in [4.69, 9.17) is 0 Å². The SMILES string of the molecule is Cc1cn(-c2ccccc2)c(=O)c2[nH]c3ccccc3c12. The van der Waals surface area contributed by atoms with Crippen molar-refractivity contribution in [3.63, 3.8) is 0 Å². The number of benzene rings is 2. The first-order valence-electron chi connectivity index (χ1n) is 6.94. The maximum absolute atomic E-state index is 12.8. The number of nitrogens with zero attached hydrogens (tertiary/aromatic N) is 1. The third kappa shape index (κ3) is 1.71. The van der Waals surface area contributed by atoms with Crippen LogP contribution < -0.4 is 5.56 Å². The van der Waals surface area contributed by atoms with Gasteiger partial charge in [-0.15, -0.1) is 0 Å². The number of fused-ring (bicyclic) bond motifs is 3. The summed E-state index contributed by atoms with van der Waals surface area (Å²) in [6.07, 6.45) is 1.92. The summed E-state index contributed by atoms with van der Waals surface area (Å²) in [5.74, 6) is 0. The predicted molar refractivity (Wildman–Crippen MR) is 86.1 cm³/mol. The first-order valence-corrected chi connectivity index (χ1v) is 6.94. The molecule has 0 aliphatic rings. The number of para-hydroxylation sites is 2. The van der Waals surface area contributed by atoms with Crippen LogP contribution in [0.5, 0.6) is 0 Å². The van der Waals surface area contributed by atoms with Crippen molar-refractivity contribution in [2.75, 3.05) is 0 Å². The second-order valence-electron chi connectivity index (χ2n) is 5.24. The minimum atomic E-state index is -0.0157. The van der Waals surface area contributed by atoms with E-state index in [-0.39, 0.29) is 5.56 Å². The summed E-state index contributed by atoms with van der Waals surface area (Å²) < 4.78 is 1.70. The van der Waals surface area contributed by atoms with E-state index in [1.165, 1.54) is 0 Å². The largest absolute Gasteiger partial charge is 0.350 e. The normalized spacial score (nSPS) is 11.3. The van der Waals surface area contributed by atoms with E-state index in [2.05, 4.69) is 4.98 Å². The quantitative estimate of drug-likeness (QED) is 0.563. The lowest BCUT2D eigenvalue weighted by Gasteiger charge is -2.07. The smallest absolute Gasteiger partial charge is 0.279 e. The minimum absolute atomic E-state index is 0.0157. The summed E-state index contributed by atoms with van der Waals surface area (Å²) in [7, 11) is 0. The standard InChI is InChI=1S/C18H14N2O/c1-12-11-20(13-7-3-2-4-8-13)18(21)17-16(12)14-9-5-6-10-15(14)19-17/h2-11,19H,1H3. The van der Waals surface area contributed by atoms with E-state index in [1.54, 1.807) is 4.57 Å². The van der Waals surface area contributed by atoms with Crippen LogP contribution in [0.25, 0.3) is 27.5 Å². The molecule has 21 heavy (non-hydrogen) atoms. The average molecular weight is 274 g/mol. The number of aryl methyl sites for hydroxylation is 1. The van der Waals surface area contributed by atoms with E-state index < -0.39 is 0 Å². The molecular weight excluding hydrogens is 260 g/mol. The summed E-state index contributed by atoms with van der Waals surface area (Å²) in [5, 5.41) is 2.12. The van der Waals surface area contributed by atoms with Crippen LogP contribution in [0.2, 0.25) is 0 Å². The fourth-order valence-electron chi connectivity index (χ4n) is 2.93. The van der Waals surface area contributed by atoms with Crippen LogP contribution in [0.15, 0.2) is 65.6 Å². The Kier molecular flexibility index (Phi) is 2.48. The molecular formula is C18H14N2O. The summed E-state index contributed by atoms with van der Waals surface area (Å²) in [4.78, 5) is 16.0. The maximum atomic E-state index is 12.8. The number of H-pyrrole nitrogens is 1. The van der Waals surface area contributed by atoms with Crippen LogP contribution in [-0.2, 0) is 0 Å². The highest BCUT2D eigenvalue weighted by atomic mass is 16.1. The van der Waals surface area contributed by atoms with Crippen LogP contribution >= 0.6 is 0 Å². The molecule has 0 spiro atoms. The molecule has 0 saturated carbocycles. The van der Waals surface area contributed by atoms with Crippen LogP contribution in [0.3, 0.4) is 0 Å². The average Bonchev–Trinajstić information content (AvgIpc) is 2.92. The van der Waals surface area contributed by atoms with Crippen molar-refractivity contribution < 1.29 is 0 Å². The summed E-state index contributed by atoms with van der Waals surface area (Å²) in [6, 6.07) is 17.7. The number of rotatable bonds is 1. The third-order valence-electron chi connectivity index (χ3n) is 3.89. The molecule has 0 unspecified atom stereocenters. The van der Waals surface area contributed by atoms with Crippen molar-refractivity contribution in [1.82, 2.24) is 9.55 Å². The molecule has 2 aromatic heterocycles. The second-order valence-corrected chi connectivity index (χ2v) is 5.24. The lowest BCUT2D eigenvalue weighted by atomic mass is 10.1. The van der Waals surface area contributed by atoms with E-state index in [9.17, 15) is 4.79 Å². The van der Waals surface area contributed by atoms with Crippen LogP contribution in [-0.4, -0.2) is 9.55 Å². The number of aromatic amines is 1. The summed E-state index contributed by atoms with van der Waals surface area (Å²) in [6.45, 7) is 2.04. The molecule has 0 fully saturated rings. The van der Waals surface area contributed by atoms with Gasteiger partial charge in [0.05, 0.1) is 0 Å². The Morgan fingerprint density at radius 1 is 0.952 bits per heavy atom. The Balaban J connectivity index is 2.16. The van der Waals surface area contributed by atoms with Crippen LogP contribution in [0.1, 0.15) is 5.56 Å². The number of pyridine rings is 1. The Morgan fingerprint density at radius 3 is 2.48 bits per heavy atom. The minimum Gasteiger partial charge on any atom is -0.350 e. The summed E-state index contributed by atoms with van der Waals surface area (Å²) in [5.41, 5.74) is 3.62. The number of hydrogen-bond donors (Lipinski definition) is 1. The Labute approximate surface area is 121 Å². The first kappa shape index (κ1) is 12.0. The van der Waals surface area contributed by atoms with Crippen molar-refractivity contribution >= 4 is 21.8 Å². The fourth-order valence-corrected chi connectivity index (χ4v) is 2.93. The zero-order valence-corrected chi connectivity index (χ0v) is 11.6. The predicted octanol–water partition coefficient (Wildman–Crippen LogP) is 3.78. The van der Waals surface area contributed by atoms with E-state index in [0.717, 1.165) is 27.5 Å². The molecule has 0 aliphatic heterocycles. The van der Waals surface area contributed by atoms with Gasteiger partial charge in [-0.25, -0.2) is 0 Å². The molecule has 102 valence electrons. The molecule has 0 saturated heterocycles. The van der Waals surface area contributed by atoms with Gasteiger partial charge in [0.1, 0.15) is 5.52 Å². The van der Waals surface area contributed by atoms with Crippen LogP contribution in [0.4, 0.5) is 0 Å². The molecule has 4 rings (SSSR count). The number of aromatic nitrogens is 2. The molecule has 0 amide bonds. The molecule has 1 N–H and O–H groups in total. The lowest BCUT2D eigenvalue weighted by Crippen LogP contribution is -2.18. The number of nitrogens with one attached hydrogen (secondary N) is 1. The van der Waals surface area contributed by atoms with Gasteiger partial charge in [0.25, 0.3) is 5.56 Å². The van der Waals surface area contributed by atoms with Crippen molar-refractivity contribution in [2.24, 2.45) is 0 Å². The molecule has 3 heteroatoms. The zero-order valence-electron chi connectivity index (χ0n) is 11.6. The molecule has 0 radical (unpaired) electrons. The molecule has 0 atom stereocenters. The highest BCUT2D eigenvalue weighted by Gasteiger charge is 2.12. The lowest BCUT2D eigenvalue weighted by molar-refractivity contribution is 0.993. The molecule has 0 bridgehead atoms. The topological polar surface area (TPSA) is 37.8 Å². The van der Waals surface area contributed by atoms with Gasteiger partial charge in [-0.2, -0.15) is 0 Å². The van der Waals surface area contributed by atoms with Gasteiger partial charge in [0, 0.05) is 28.2 Å². The first-order chi connectivity index (χ1) is 10.3. The Hall–Kier alpha value is -2.81. The number of hydrogen-bond acceptors (Lipinski definition) is 1.